The molecule has 2 rings (SSSR count). The number of aromatic nitrogens is 2. The number of rotatable bonds is 5. The van der Waals surface area contributed by atoms with Crippen LogP contribution in [-0.4, -0.2) is 40.1 Å². The zero-order chi connectivity index (χ0) is 15.5. The molecule has 1 saturated carbocycles. The number of hydrogen-bond acceptors (Lipinski definition) is 4. The fraction of sp³-hybridized carbons (Fsp3) is 0.733. The number of amides is 1. The Hall–Kier alpha value is -1.56. The molecule has 1 heterocycles. The molecule has 0 atom stereocenters. The molecule has 1 aliphatic carbocycles. The maximum Gasteiger partial charge on any atom is 0.407 e. The van der Waals surface area contributed by atoms with E-state index < -0.39 is 5.60 Å². The first-order chi connectivity index (χ1) is 9.83. The van der Waals surface area contributed by atoms with Crippen LogP contribution < -0.4 is 10.6 Å². The second-order valence-corrected chi connectivity index (χ2v) is 6.66. The molecule has 0 radical (unpaired) electrons. The second-order valence-electron chi connectivity index (χ2n) is 6.66. The highest BCUT2D eigenvalue weighted by Gasteiger charge is 2.31. The van der Waals surface area contributed by atoms with Crippen LogP contribution in [0.1, 0.15) is 39.3 Å². The highest BCUT2D eigenvalue weighted by molar-refractivity contribution is 5.68. The Bertz CT molecular complexity index is 472. The second kappa shape index (κ2) is 6.47. The summed E-state index contributed by atoms with van der Waals surface area (Å²) in [7, 11) is 1.96. The summed E-state index contributed by atoms with van der Waals surface area (Å²) in [4.78, 5) is 11.6. The molecule has 0 bridgehead atoms. The Morgan fingerprint density at radius 1 is 1.43 bits per heavy atom. The minimum absolute atomic E-state index is 0.231. The summed E-state index contributed by atoms with van der Waals surface area (Å²) in [6.07, 6.45) is 4.40. The van der Waals surface area contributed by atoms with Crippen LogP contribution in [-0.2, 0) is 18.2 Å². The number of carbonyl (C=O) groups is 1. The lowest BCUT2D eigenvalue weighted by Gasteiger charge is -2.36. The van der Waals surface area contributed by atoms with Gasteiger partial charge in [-0.05, 0) is 39.7 Å². The Kier molecular flexibility index (Phi) is 4.88. The van der Waals surface area contributed by atoms with Crippen LogP contribution in [0.2, 0.25) is 0 Å². The third-order valence-electron chi connectivity index (χ3n) is 3.60. The predicted octanol–water partition coefficient (Wildman–Crippen LogP) is 1.61. The summed E-state index contributed by atoms with van der Waals surface area (Å²) in [6.45, 7) is 6.55. The minimum Gasteiger partial charge on any atom is -0.444 e. The molecular weight excluding hydrogens is 268 g/mol. The SMILES string of the molecule is Cn1nccc1CCNC1CC(NC(=O)OC(C)(C)C)C1. The molecule has 1 aromatic rings. The zero-order valence-corrected chi connectivity index (χ0v) is 13.3. The van der Waals surface area contributed by atoms with Crippen LogP contribution in [0, 0.1) is 0 Å². The molecule has 0 aromatic carbocycles. The Morgan fingerprint density at radius 3 is 2.71 bits per heavy atom. The van der Waals surface area contributed by atoms with Gasteiger partial charge in [-0.25, -0.2) is 4.79 Å². The lowest BCUT2D eigenvalue weighted by Crippen LogP contribution is -2.53. The lowest BCUT2D eigenvalue weighted by molar-refractivity contribution is 0.0465. The normalized spacial score (nSPS) is 21.7. The van der Waals surface area contributed by atoms with Crippen molar-refractivity contribution in [3.63, 3.8) is 0 Å². The molecule has 1 amide bonds. The van der Waals surface area contributed by atoms with Gasteiger partial charge >= 0.3 is 6.09 Å². The Labute approximate surface area is 126 Å². The van der Waals surface area contributed by atoms with Gasteiger partial charge in [-0.3, -0.25) is 4.68 Å². The molecule has 0 spiro atoms. The molecule has 6 heteroatoms. The standard InChI is InChI=1S/C15H26N4O2/c1-15(2,3)21-14(20)18-12-9-11(10-12)16-7-5-13-6-8-17-19(13)4/h6,8,11-12,16H,5,7,9-10H2,1-4H3,(H,18,20). The van der Waals surface area contributed by atoms with E-state index in [-0.39, 0.29) is 12.1 Å². The third kappa shape index (κ3) is 5.04. The Morgan fingerprint density at radius 2 is 2.14 bits per heavy atom. The van der Waals surface area contributed by atoms with E-state index in [2.05, 4.69) is 15.7 Å². The van der Waals surface area contributed by atoms with Gasteiger partial charge in [0, 0.05) is 44.0 Å². The van der Waals surface area contributed by atoms with Crippen LogP contribution in [0.25, 0.3) is 0 Å². The summed E-state index contributed by atoms with van der Waals surface area (Å²) < 4.78 is 7.14. The van der Waals surface area contributed by atoms with Gasteiger partial charge in [-0.1, -0.05) is 0 Å². The van der Waals surface area contributed by atoms with Crippen molar-refractivity contribution in [1.29, 1.82) is 0 Å². The maximum absolute atomic E-state index is 11.6. The molecule has 2 N–H and O–H groups in total. The van der Waals surface area contributed by atoms with E-state index in [1.165, 1.54) is 5.69 Å². The fourth-order valence-corrected chi connectivity index (χ4v) is 2.43. The number of carbonyl (C=O) groups excluding carboxylic acids is 1. The van der Waals surface area contributed by atoms with Gasteiger partial charge in [0.2, 0.25) is 0 Å². The first-order valence-corrected chi connectivity index (χ1v) is 7.53. The van der Waals surface area contributed by atoms with Crippen LogP contribution >= 0.6 is 0 Å². The monoisotopic (exact) mass is 294 g/mol. The van der Waals surface area contributed by atoms with Crippen LogP contribution in [0.4, 0.5) is 4.79 Å². The first kappa shape index (κ1) is 15.8. The number of ether oxygens (including phenoxy) is 1. The Balaban J connectivity index is 1.57. The molecular formula is C15H26N4O2. The van der Waals surface area contributed by atoms with Gasteiger partial charge in [0.15, 0.2) is 0 Å². The molecule has 1 aromatic heterocycles. The summed E-state index contributed by atoms with van der Waals surface area (Å²) in [5, 5.41) is 10.6. The molecule has 0 aliphatic heterocycles. The molecule has 6 nitrogen and oxygen atoms in total. The number of aryl methyl sites for hydroxylation is 1. The van der Waals surface area contributed by atoms with Crippen molar-refractivity contribution in [1.82, 2.24) is 20.4 Å². The first-order valence-electron chi connectivity index (χ1n) is 7.53. The number of nitrogens with one attached hydrogen (secondary N) is 2. The van der Waals surface area contributed by atoms with E-state index in [0.29, 0.717) is 6.04 Å². The summed E-state index contributed by atoms with van der Waals surface area (Å²) >= 11 is 0. The number of hydrogen-bond donors (Lipinski definition) is 2. The van der Waals surface area contributed by atoms with Crippen molar-refractivity contribution in [2.24, 2.45) is 7.05 Å². The van der Waals surface area contributed by atoms with E-state index in [0.717, 1.165) is 25.8 Å². The number of nitrogens with zero attached hydrogens (tertiary/aromatic N) is 2. The highest BCUT2D eigenvalue weighted by Crippen LogP contribution is 2.20. The molecule has 1 fully saturated rings. The van der Waals surface area contributed by atoms with E-state index in [1.54, 1.807) is 0 Å². The van der Waals surface area contributed by atoms with Gasteiger partial charge in [0.1, 0.15) is 5.60 Å². The average Bonchev–Trinajstić information content (AvgIpc) is 2.69. The van der Waals surface area contributed by atoms with Crippen LogP contribution in [0.3, 0.4) is 0 Å². The molecule has 0 saturated heterocycles. The molecule has 1 aliphatic rings. The average molecular weight is 294 g/mol. The van der Waals surface area contributed by atoms with E-state index >= 15 is 0 Å². The fourth-order valence-electron chi connectivity index (χ4n) is 2.43. The van der Waals surface area contributed by atoms with E-state index in [1.807, 2.05) is 44.8 Å². The summed E-state index contributed by atoms with van der Waals surface area (Å²) in [5.74, 6) is 0. The lowest BCUT2D eigenvalue weighted by atomic mass is 9.87. The van der Waals surface area contributed by atoms with E-state index in [4.69, 9.17) is 4.74 Å². The smallest absolute Gasteiger partial charge is 0.407 e. The van der Waals surface area contributed by atoms with Gasteiger partial charge in [-0.2, -0.15) is 5.10 Å². The van der Waals surface area contributed by atoms with Crippen molar-refractivity contribution in [3.05, 3.63) is 18.0 Å². The van der Waals surface area contributed by atoms with Crippen molar-refractivity contribution < 1.29 is 9.53 Å². The van der Waals surface area contributed by atoms with Gasteiger partial charge in [-0.15, -0.1) is 0 Å². The van der Waals surface area contributed by atoms with Crippen molar-refractivity contribution >= 4 is 6.09 Å². The topological polar surface area (TPSA) is 68.2 Å². The zero-order valence-electron chi connectivity index (χ0n) is 13.3. The van der Waals surface area contributed by atoms with Crippen LogP contribution in [0.15, 0.2) is 12.3 Å². The highest BCUT2D eigenvalue weighted by atomic mass is 16.6. The quantitative estimate of drug-likeness (QED) is 0.865. The predicted molar refractivity (Wildman–Crippen MR) is 81.1 cm³/mol. The van der Waals surface area contributed by atoms with Gasteiger partial charge in [0.05, 0.1) is 0 Å². The third-order valence-corrected chi connectivity index (χ3v) is 3.60. The summed E-state index contributed by atoms with van der Waals surface area (Å²) in [6, 6.07) is 2.75. The van der Waals surface area contributed by atoms with Crippen molar-refractivity contribution in [3.8, 4) is 0 Å². The number of alkyl carbamates (subject to hydrolysis) is 1. The van der Waals surface area contributed by atoms with Gasteiger partial charge < -0.3 is 15.4 Å². The van der Waals surface area contributed by atoms with Crippen LogP contribution in [0.5, 0.6) is 0 Å². The van der Waals surface area contributed by atoms with Crippen molar-refractivity contribution in [2.75, 3.05) is 6.54 Å². The summed E-state index contributed by atoms with van der Waals surface area (Å²) in [5.41, 5.74) is 0.791. The van der Waals surface area contributed by atoms with E-state index in [9.17, 15) is 4.79 Å². The van der Waals surface area contributed by atoms with Gasteiger partial charge in [0.25, 0.3) is 0 Å². The molecule has 21 heavy (non-hydrogen) atoms. The molecule has 118 valence electrons. The molecule has 0 unspecified atom stereocenters. The maximum atomic E-state index is 11.6. The minimum atomic E-state index is -0.436. The largest absolute Gasteiger partial charge is 0.444 e. The van der Waals surface area contributed by atoms with Crippen molar-refractivity contribution in [2.45, 2.75) is 57.7 Å².